The Morgan fingerprint density at radius 1 is 1.31 bits per heavy atom. The molecule has 0 spiro atoms. The van der Waals surface area contributed by atoms with E-state index in [-0.39, 0.29) is 5.82 Å². The number of hydrogen-bond donors (Lipinski definition) is 1. The van der Waals surface area contributed by atoms with E-state index in [0.717, 1.165) is 10.7 Å². The monoisotopic (exact) mass is 301 g/mol. The van der Waals surface area contributed by atoms with Gasteiger partial charge in [-0.3, -0.25) is 0 Å². The van der Waals surface area contributed by atoms with Gasteiger partial charge in [0.15, 0.2) is 4.67 Å². The van der Waals surface area contributed by atoms with Crippen molar-refractivity contribution in [1.29, 1.82) is 0 Å². The number of nitrogens with two attached hydrogens (primary N) is 1. The zero-order chi connectivity index (χ0) is 11.5. The van der Waals surface area contributed by atoms with Crippen molar-refractivity contribution < 1.29 is 8.81 Å². The molecule has 0 aliphatic rings. The highest BCUT2D eigenvalue weighted by molar-refractivity contribution is 9.10. The van der Waals surface area contributed by atoms with Crippen molar-refractivity contribution in [3.8, 4) is 0 Å². The summed E-state index contributed by atoms with van der Waals surface area (Å²) in [5.41, 5.74) is 6.31. The Labute approximate surface area is 105 Å². The Morgan fingerprint density at radius 2 is 2.12 bits per heavy atom. The van der Waals surface area contributed by atoms with E-state index in [4.69, 9.17) is 10.2 Å². The molecular weight excluding hydrogens is 293 g/mol. The third-order valence-corrected chi connectivity index (χ3v) is 3.49. The van der Waals surface area contributed by atoms with Gasteiger partial charge in [-0.1, -0.05) is 0 Å². The topological polar surface area (TPSA) is 39.2 Å². The second-order valence-corrected chi connectivity index (χ2v) is 4.98. The molecule has 2 aromatic rings. The molecule has 0 fully saturated rings. The average Bonchev–Trinajstić information content (AvgIpc) is 2.66. The molecule has 0 aliphatic carbocycles. The fourth-order valence-electron chi connectivity index (χ4n) is 1.21. The second kappa shape index (κ2) is 4.93. The van der Waals surface area contributed by atoms with Crippen LogP contribution in [0.15, 0.2) is 44.3 Å². The van der Waals surface area contributed by atoms with Crippen LogP contribution in [-0.2, 0) is 5.75 Å². The minimum atomic E-state index is -0.280. The fourth-order valence-corrected chi connectivity index (χ4v) is 2.44. The Balaban J connectivity index is 2.07. The number of nitrogen functional groups attached to an aromatic ring is 1. The first-order valence-corrected chi connectivity index (χ1v) is 6.35. The molecule has 2 N–H and O–H groups in total. The SMILES string of the molecule is Nc1ccc(F)cc1SCc1ccc(Br)o1. The van der Waals surface area contributed by atoms with Crippen LogP contribution < -0.4 is 5.73 Å². The normalized spacial score (nSPS) is 10.6. The lowest BCUT2D eigenvalue weighted by Crippen LogP contribution is -1.89. The second-order valence-electron chi connectivity index (χ2n) is 3.18. The summed E-state index contributed by atoms with van der Waals surface area (Å²) in [6.45, 7) is 0. The summed E-state index contributed by atoms with van der Waals surface area (Å²) in [4.78, 5) is 0.729. The van der Waals surface area contributed by atoms with E-state index in [1.165, 1.54) is 23.9 Å². The van der Waals surface area contributed by atoms with Gasteiger partial charge in [-0.15, -0.1) is 11.8 Å². The average molecular weight is 302 g/mol. The third-order valence-electron chi connectivity index (χ3n) is 1.97. The van der Waals surface area contributed by atoms with Crippen molar-refractivity contribution in [3.63, 3.8) is 0 Å². The predicted molar refractivity (Wildman–Crippen MR) is 66.8 cm³/mol. The van der Waals surface area contributed by atoms with E-state index < -0.39 is 0 Å². The molecule has 0 amide bonds. The molecule has 1 aromatic carbocycles. The van der Waals surface area contributed by atoms with Gasteiger partial charge in [0, 0.05) is 10.6 Å². The highest BCUT2D eigenvalue weighted by atomic mass is 79.9. The molecular formula is C11H9BrFNOS. The summed E-state index contributed by atoms with van der Waals surface area (Å²) in [6, 6.07) is 8.04. The van der Waals surface area contributed by atoms with Gasteiger partial charge in [0.2, 0.25) is 0 Å². The molecule has 0 saturated carbocycles. The van der Waals surface area contributed by atoms with Crippen molar-refractivity contribution in [3.05, 3.63) is 46.6 Å². The first-order valence-electron chi connectivity index (χ1n) is 4.57. The van der Waals surface area contributed by atoms with Gasteiger partial charge in [0.25, 0.3) is 0 Å². The summed E-state index contributed by atoms with van der Waals surface area (Å²) in [5, 5.41) is 0. The number of rotatable bonds is 3. The van der Waals surface area contributed by atoms with E-state index in [9.17, 15) is 4.39 Å². The van der Waals surface area contributed by atoms with Crippen LogP contribution in [0.5, 0.6) is 0 Å². The standard InChI is InChI=1S/C11H9BrFNOS/c12-11-4-2-8(15-11)6-16-10-5-7(13)1-3-9(10)14/h1-5H,6,14H2. The molecule has 0 atom stereocenters. The number of hydrogen-bond acceptors (Lipinski definition) is 3. The minimum absolute atomic E-state index is 0.280. The van der Waals surface area contributed by atoms with Crippen LogP contribution in [0.25, 0.3) is 0 Å². The maximum atomic E-state index is 13.0. The quantitative estimate of drug-likeness (QED) is 0.686. The maximum Gasteiger partial charge on any atom is 0.169 e. The molecule has 0 unspecified atom stereocenters. The Kier molecular flexibility index (Phi) is 3.56. The van der Waals surface area contributed by atoms with Crippen molar-refractivity contribution >= 4 is 33.4 Å². The summed E-state index contributed by atoms with van der Waals surface area (Å²) in [5.74, 6) is 1.16. The number of thioether (sulfide) groups is 1. The number of benzene rings is 1. The van der Waals surface area contributed by atoms with Crippen LogP contribution in [0, 0.1) is 5.82 Å². The summed E-state index contributed by atoms with van der Waals surface area (Å²) >= 11 is 4.67. The molecule has 0 bridgehead atoms. The molecule has 0 radical (unpaired) electrons. The van der Waals surface area contributed by atoms with Crippen molar-refractivity contribution in [2.75, 3.05) is 5.73 Å². The van der Waals surface area contributed by atoms with Crippen LogP contribution in [0.1, 0.15) is 5.76 Å². The molecule has 2 nitrogen and oxygen atoms in total. The largest absolute Gasteiger partial charge is 0.453 e. The molecule has 1 heterocycles. The number of anilines is 1. The molecule has 0 saturated heterocycles. The van der Waals surface area contributed by atoms with Gasteiger partial charge >= 0.3 is 0 Å². The van der Waals surface area contributed by atoms with Crippen molar-refractivity contribution in [2.45, 2.75) is 10.6 Å². The summed E-state index contributed by atoms with van der Waals surface area (Å²) < 4.78 is 19.0. The van der Waals surface area contributed by atoms with Crippen molar-refractivity contribution in [2.24, 2.45) is 0 Å². The third kappa shape index (κ3) is 2.80. The summed E-state index contributed by atoms with van der Waals surface area (Å²) in [7, 11) is 0. The zero-order valence-electron chi connectivity index (χ0n) is 8.24. The van der Waals surface area contributed by atoms with E-state index >= 15 is 0 Å². The molecule has 2 rings (SSSR count). The molecule has 0 aliphatic heterocycles. The highest BCUT2D eigenvalue weighted by Crippen LogP contribution is 2.29. The smallest absolute Gasteiger partial charge is 0.169 e. The molecule has 5 heteroatoms. The first kappa shape index (κ1) is 11.5. The van der Waals surface area contributed by atoms with Crippen LogP contribution in [0.3, 0.4) is 0 Å². The van der Waals surface area contributed by atoms with Crippen molar-refractivity contribution in [1.82, 2.24) is 0 Å². The lowest BCUT2D eigenvalue weighted by Gasteiger charge is -2.03. The van der Waals surface area contributed by atoms with Crippen LogP contribution in [0.4, 0.5) is 10.1 Å². The molecule has 84 valence electrons. The molecule has 1 aromatic heterocycles. The van der Waals surface area contributed by atoms with E-state index in [2.05, 4.69) is 15.9 Å². The Bertz CT molecular complexity index is 500. The van der Waals surface area contributed by atoms with Gasteiger partial charge in [0.05, 0.1) is 5.75 Å². The number of furan rings is 1. The summed E-state index contributed by atoms with van der Waals surface area (Å²) in [6.07, 6.45) is 0. The van der Waals surface area contributed by atoms with Crippen LogP contribution in [0.2, 0.25) is 0 Å². The molecule has 16 heavy (non-hydrogen) atoms. The van der Waals surface area contributed by atoms with E-state index in [1.54, 1.807) is 6.07 Å². The van der Waals surface area contributed by atoms with Gasteiger partial charge in [-0.25, -0.2) is 4.39 Å². The lowest BCUT2D eigenvalue weighted by atomic mass is 10.3. The van der Waals surface area contributed by atoms with Gasteiger partial charge in [0.1, 0.15) is 11.6 Å². The Hall–Kier alpha value is -0.940. The highest BCUT2D eigenvalue weighted by Gasteiger charge is 2.05. The maximum absolute atomic E-state index is 13.0. The van der Waals surface area contributed by atoms with Gasteiger partial charge < -0.3 is 10.2 Å². The first-order chi connectivity index (χ1) is 7.65. The van der Waals surface area contributed by atoms with E-state index in [0.29, 0.717) is 16.1 Å². The van der Waals surface area contributed by atoms with E-state index in [1.807, 2.05) is 12.1 Å². The van der Waals surface area contributed by atoms with Crippen LogP contribution in [-0.4, -0.2) is 0 Å². The van der Waals surface area contributed by atoms with Crippen LogP contribution >= 0.6 is 27.7 Å². The lowest BCUT2D eigenvalue weighted by molar-refractivity contribution is 0.507. The predicted octanol–water partition coefficient (Wildman–Crippen LogP) is 4.06. The van der Waals surface area contributed by atoms with Gasteiger partial charge in [-0.05, 0) is 46.3 Å². The fraction of sp³-hybridized carbons (Fsp3) is 0.0909. The van der Waals surface area contributed by atoms with Gasteiger partial charge in [-0.2, -0.15) is 0 Å². The number of halogens is 2. The minimum Gasteiger partial charge on any atom is -0.453 e. The zero-order valence-corrected chi connectivity index (χ0v) is 10.6. The Morgan fingerprint density at radius 3 is 2.81 bits per heavy atom.